The van der Waals surface area contributed by atoms with Gasteiger partial charge in [-0.3, -0.25) is 4.79 Å². The van der Waals surface area contributed by atoms with Gasteiger partial charge in [-0.2, -0.15) is 0 Å². The largest absolute Gasteiger partial charge is 0.326 e. The maximum atomic E-state index is 12.1. The lowest BCUT2D eigenvalue weighted by molar-refractivity contribution is -0.120. The molecule has 1 unspecified atom stereocenters. The molecule has 1 aliphatic heterocycles. The Labute approximate surface area is 129 Å². The Hall–Kier alpha value is -1.92. The van der Waals surface area contributed by atoms with Crippen LogP contribution in [0.25, 0.3) is 5.69 Å². The highest BCUT2D eigenvalue weighted by Crippen LogP contribution is 2.16. The van der Waals surface area contributed by atoms with Gasteiger partial charge in [0.15, 0.2) is 0 Å². The van der Waals surface area contributed by atoms with Gasteiger partial charge in [-0.25, -0.2) is 4.68 Å². The fourth-order valence-corrected chi connectivity index (χ4v) is 2.36. The summed E-state index contributed by atoms with van der Waals surface area (Å²) < 4.78 is 1.68. The molecule has 21 heavy (non-hydrogen) atoms. The molecule has 1 aromatic carbocycles. The zero-order chi connectivity index (χ0) is 13.8. The number of carbonyl (C=O) groups is 1. The molecule has 2 N–H and O–H groups in total. The molecule has 112 valence electrons. The highest BCUT2D eigenvalue weighted by Gasteiger charge is 2.20. The summed E-state index contributed by atoms with van der Waals surface area (Å²) in [6, 6.07) is 7.57. The van der Waals surface area contributed by atoms with E-state index >= 15 is 0 Å². The first-order chi connectivity index (χ1) is 9.83. The first kappa shape index (κ1) is 15.5. The minimum atomic E-state index is 0. The van der Waals surface area contributed by atoms with Crippen molar-refractivity contribution in [3.63, 3.8) is 0 Å². The van der Waals surface area contributed by atoms with Crippen LogP contribution in [0.3, 0.4) is 0 Å². The number of hydrogen-bond donors (Lipinski definition) is 2. The number of rotatable bonds is 3. The molecule has 0 saturated carbocycles. The lowest BCUT2D eigenvalue weighted by Crippen LogP contribution is -2.37. The third-order valence-corrected chi connectivity index (χ3v) is 3.49. The summed E-state index contributed by atoms with van der Waals surface area (Å²) in [4.78, 5) is 12.1. The second kappa shape index (κ2) is 7.19. The predicted octanol–water partition coefficient (Wildman–Crippen LogP) is 1.63. The van der Waals surface area contributed by atoms with Gasteiger partial charge in [-0.05, 0) is 43.7 Å². The van der Waals surface area contributed by atoms with E-state index in [0.717, 1.165) is 37.3 Å². The van der Waals surface area contributed by atoms with E-state index in [9.17, 15) is 4.79 Å². The molecule has 7 heteroatoms. The molecule has 0 aliphatic carbocycles. The third-order valence-electron chi connectivity index (χ3n) is 3.49. The van der Waals surface area contributed by atoms with Crippen LogP contribution in [0.15, 0.2) is 36.7 Å². The highest BCUT2D eigenvalue weighted by molar-refractivity contribution is 5.92. The average Bonchev–Trinajstić information content (AvgIpc) is 3.03. The van der Waals surface area contributed by atoms with Crippen LogP contribution in [-0.2, 0) is 4.79 Å². The molecular weight excluding hydrogens is 290 g/mol. The summed E-state index contributed by atoms with van der Waals surface area (Å²) in [6.07, 6.45) is 5.42. The molecule has 1 fully saturated rings. The number of carbonyl (C=O) groups excluding carboxylic acids is 1. The van der Waals surface area contributed by atoms with E-state index in [4.69, 9.17) is 0 Å². The number of anilines is 1. The second-order valence-corrected chi connectivity index (χ2v) is 4.93. The van der Waals surface area contributed by atoms with Gasteiger partial charge >= 0.3 is 0 Å². The van der Waals surface area contributed by atoms with E-state index in [1.54, 1.807) is 17.1 Å². The number of aromatic nitrogens is 3. The maximum absolute atomic E-state index is 12.1. The summed E-state index contributed by atoms with van der Waals surface area (Å²) in [5.41, 5.74) is 1.73. The van der Waals surface area contributed by atoms with E-state index in [-0.39, 0.29) is 24.2 Å². The SMILES string of the molecule is Cl.O=C(Nc1ccc(-n2ccnn2)cc1)C1CCCNC1. The van der Waals surface area contributed by atoms with Crippen molar-refractivity contribution in [2.75, 3.05) is 18.4 Å². The zero-order valence-corrected chi connectivity index (χ0v) is 12.3. The van der Waals surface area contributed by atoms with Gasteiger partial charge in [0.05, 0.1) is 24.0 Å². The van der Waals surface area contributed by atoms with E-state index in [0.29, 0.717) is 0 Å². The fourth-order valence-electron chi connectivity index (χ4n) is 2.36. The Morgan fingerprint density at radius 2 is 2.14 bits per heavy atom. The van der Waals surface area contributed by atoms with Crippen molar-refractivity contribution in [3.05, 3.63) is 36.7 Å². The van der Waals surface area contributed by atoms with E-state index in [1.807, 2.05) is 24.3 Å². The molecule has 1 aliphatic rings. The molecule has 0 bridgehead atoms. The Morgan fingerprint density at radius 1 is 1.33 bits per heavy atom. The zero-order valence-electron chi connectivity index (χ0n) is 11.5. The minimum absolute atomic E-state index is 0. The number of piperidine rings is 1. The second-order valence-electron chi connectivity index (χ2n) is 4.93. The number of amides is 1. The van der Waals surface area contributed by atoms with Crippen LogP contribution in [0.1, 0.15) is 12.8 Å². The van der Waals surface area contributed by atoms with Crippen LogP contribution >= 0.6 is 12.4 Å². The van der Waals surface area contributed by atoms with Crippen molar-refractivity contribution in [2.24, 2.45) is 5.92 Å². The van der Waals surface area contributed by atoms with E-state index in [1.165, 1.54) is 0 Å². The lowest BCUT2D eigenvalue weighted by atomic mass is 9.99. The summed E-state index contributed by atoms with van der Waals surface area (Å²) in [6.45, 7) is 1.78. The molecular formula is C14H18ClN5O. The molecule has 2 heterocycles. The molecule has 2 aromatic rings. The van der Waals surface area contributed by atoms with E-state index < -0.39 is 0 Å². The summed E-state index contributed by atoms with van der Waals surface area (Å²) in [7, 11) is 0. The van der Waals surface area contributed by atoms with Crippen LogP contribution in [0.4, 0.5) is 5.69 Å². The maximum Gasteiger partial charge on any atom is 0.228 e. The molecule has 6 nitrogen and oxygen atoms in total. The standard InChI is InChI=1S/C14H17N5O.ClH/c20-14(11-2-1-7-15-10-11)17-12-3-5-13(6-4-12)19-9-8-16-18-19;/h3-6,8-9,11,15H,1-2,7,10H2,(H,17,20);1H. The van der Waals surface area contributed by atoms with Crippen LogP contribution in [0.2, 0.25) is 0 Å². The molecule has 1 amide bonds. The summed E-state index contributed by atoms with van der Waals surface area (Å²) in [5, 5.41) is 13.9. The topological polar surface area (TPSA) is 71.8 Å². The Balaban J connectivity index is 0.00000161. The van der Waals surface area contributed by atoms with Gasteiger partial charge in [0.25, 0.3) is 0 Å². The van der Waals surface area contributed by atoms with Crippen molar-refractivity contribution in [3.8, 4) is 5.69 Å². The van der Waals surface area contributed by atoms with Crippen molar-refractivity contribution in [1.29, 1.82) is 0 Å². The number of nitrogens with one attached hydrogen (secondary N) is 2. The molecule has 1 saturated heterocycles. The van der Waals surface area contributed by atoms with Crippen molar-refractivity contribution in [2.45, 2.75) is 12.8 Å². The first-order valence-corrected chi connectivity index (χ1v) is 6.81. The minimum Gasteiger partial charge on any atom is -0.326 e. The van der Waals surface area contributed by atoms with Gasteiger partial charge in [0.2, 0.25) is 5.91 Å². The molecule has 0 spiro atoms. The van der Waals surface area contributed by atoms with Crippen molar-refractivity contribution >= 4 is 24.0 Å². The molecule has 1 atom stereocenters. The first-order valence-electron chi connectivity index (χ1n) is 6.81. The van der Waals surface area contributed by atoms with Gasteiger partial charge in [0.1, 0.15) is 0 Å². The van der Waals surface area contributed by atoms with Crippen LogP contribution in [0.5, 0.6) is 0 Å². The highest BCUT2D eigenvalue weighted by atomic mass is 35.5. The molecule has 0 radical (unpaired) electrons. The number of halogens is 1. The molecule has 3 rings (SSSR count). The summed E-state index contributed by atoms with van der Waals surface area (Å²) in [5.74, 6) is 0.157. The van der Waals surface area contributed by atoms with Gasteiger partial charge in [-0.15, -0.1) is 17.5 Å². The quantitative estimate of drug-likeness (QED) is 0.904. The average molecular weight is 308 g/mol. The van der Waals surface area contributed by atoms with Crippen molar-refractivity contribution in [1.82, 2.24) is 20.3 Å². The number of hydrogen-bond acceptors (Lipinski definition) is 4. The third kappa shape index (κ3) is 3.80. The van der Waals surface area contributed by atoms with E-state index in [2.05, 4.69) is 20.9 Å². The van der Waals surface area contributed by atoms with Gasteiger partial charge < -0.3 is 10.6 Å². The Kier molecular flexibility index (Phi) is 5.30. The summed E-state index contributed by atoms with van der Waals surface area (Å²) >= 11 is 0. The van der Waals surface area contributed by atoms with Gasteiger partial charge in [-0.1, -0.05) is 5.21 Å². The Bertz CT molecular complexity index is 564. The number of benzene rings is 1. The normalized spacial score (nSPS) is 17.8. The van der Waals surface area contributed by atoms with Crippen LogP contribution in [-0.4, -0.2) is 34.0 Å². The van der Waals surface area contributed by atoms with Crippen molar-refractivity contribution < 1.29 is 4.79 Å². The lowest BCUT2D eigenvalue weighted by Gasteiger charge is -2.21. The van der Waals surface area contributed by atoms with Crippen LogP contribution in [0, 0.1) is 5.92 Å². The molecule has 1 aromatic heterocycles. The Morgan fingerprint density at radius 3 is 2.76 bits per heavy atom. The predicted molar refractivity (Wildman–Crippen MR) is 82.8 cm³/mol. The monoisotopic (exact) mass is 307 g/mol. The van der Waals surface area contributed by atoms with Gasteiger partial charge in [0, 0.05) is 12.2 Å². The van der Waals surface area contributed by atoms with Crippen LogP contribution < -0.4 is 10.6 Å². The smallest absolute Gasteiger partial charge is 0.228 e. The number of nitrogens with zero attached hydrogens (tertiary/aromatic N) is 3. The fraction of sp³-hybridized carbons (Fsp3) is 0.357.